The molecular formula is C10H23NO10P6S. The maximum atomic E-state index is 13.5. The van der Waals surface area contributed by atoms with Gasteiger partial charge in [-0.05, 0) is 6.42 Å². The Hall–Kier alpha value is 1.49. The van der Waals surface area contributed by atoms with Gasteiger partial charge in [-0.2, -0.15) is 0 Å². The molecule has 0 aliphatic heterocycles. The lowest BCUT2D eigenvalue weighted by Gasteiger charge is -2.33. The van der Waals surface area contributed by atoms with Crippen molar-refractivity contribution in [1.82, 2.24) is 4.98 Å². The first kappa shape index (κ1) is 27.5. The molecule has 0 aliphatic carbocycles. The van der Waals surface area contributed by atoms with Gasteiger partial charge in [-0.25, -0.2) is 4.98 Å². The molecule has 1 rings (SSSR count). The van der Waals surface area contributed by atoms with E-state index < -0.39 is 54.1 Å². The van der Waals surface area contributed by atoms with Gasteiger partial charge in [0.1, 0.15) is 0 Å². The summed E-state index contributed by atoms with van der Waals surface area (Å²) in [6.07, 6.45) is 1.58. The number of hydrogen-bond acceptors (Lipinski definition) is 12. The van der Waals surface area contributed by atoms with Crippen molar-refractivity contribution in [2.24, 2.45) is 0 Å². The molecule has 0 spiro atoms. The molecule has 0 bridgehead atoms. The van der Waals surface area contributed by atoms with Crippen LogP contribution in [0.25, 0.3) is 0 Å². The van der Waals surface area contributed by atoms with E-state index >= 15 is 0 Å². The zero-order chi connectivity index (χ0) is 21.5. The molecule has 28 heavy (non-hydrogen) atoms. The molecule has 4 atom stereocenters. The average molecular weight is 535 g/mol. The molecule has 0 fully saturated rings. The third-order valence-corrected chi connectivity index (χ3v) is 14.7. The fourth-order valence-corrected chi connectivity index (χ4v) is 14.2. The van der Waals surface area contributed by atoms with Crippen molar-refractivity contribution in [3.05, 3.63) is 16.6 Å². The molecule has 0 aliphatic rings. The molecule has 0 amide bonds. The van der Waals surface area contributed by atoms with Gasteiger partial charge in [0.25, 0.3) is 0 Å². The van der Waals surface area contributed by atoms with Gasteiger partial charge in [0.15, 0.2) is 38.9 Å². The van der Waals surface area contributed by atoms with Gasteiger partial charge in [-0.1, -0.05) is 0 Å². The van der Waals surface area contributed by atoms with Crippen LogP contribution in [-0.4, -0.2) is 56.6 Å². The molecule has 0 saturated heterocycles. The van der Waals surface area contributed by atoms with Crippen LogP contribution in [0.2, 0.25) is 0 Å². The fourth-order valence-electron chi connectivity index (χ4n) is 2.02. The van der Waals surface area contributed by atoms with Gasteiger partial charge in [0.2, 0.25) is 0 Å². The summed E-state index contributed by atoms with van der Waals surface area (Å²) in [7, 11) is -17.9. The van der Waals surface area contributed by atoms with Crippen molar-refractivity contribution in [1.29, 1.82) is 0 Å². The van der Waals surface area contributed by atoms with Crippen LogP contribution in [-0.2, 0) is 32.8 Å². The average Bonchev–Trinajstić information content (AvgIpc) is 2.96. The van der Waals surface area contributed by atoms with E-state index in [0.29, 0.717) is 5.01 Å². The Morgan fingerprint density at radius 2 is 1.32 bits per heavy atom. The van der Waals surface area contributed by atoms with E-state index in [0.717, 1.165) is 0 Å². The number of aromatic nitrogens is 1. The Morgan fingerprint density at radius 1 is 0.929 bits per heavy atom. The van der Waals surface area contributed by atoms with E-state index in [2.05, 4.69) is 4.98 Å². The lowest BCUT2D eigenvalue weighted by Crippen LogP contribution is -2.15. The van der Waals surface area contributed by atoms with E-state index in [1.54, 1.807) is 11.6 Å². The van der Waals surface area contributed by atoms with E-state index in [4.69, 9.17) is 17.2 Å². The van der Waals surface area contributed by atoms with Crippen molar-refractivity contribution in [2.75, 3.05) is 26.7 Å². The summed E-state index contributed by atoms with van der Waals surface area (Å²) in [6, 6.07) is 0. The topological polar surface area (TPSA) is 165 Å². The summed E-state index contributed by atoms with van der Waals surface area (Å²) < 4.78 is 47.4. The normalized spacial score (nSPS) is 21.9. The van der Waals surface area contributed by atoms with Gasteiger partial charge < -0.3 is 19.6 Å². The van der Waals surface area contributed by atoms with E-state index in [1.807, 2.05) is 0 Å². The molecule has 11 nitrogen and oxygen atoms in total. The minimum Gasteiger partial charge on any atom is -0.350 e. The Labute approximate surface area is 172 Å². The first-order valence-corrected chi connectivity index (χ1v) is 18.2. The second kappa shape index (κ2) is 12.5. The van der Waals surface area contributed by atoms with Gasteiger partial charge in [-0.15, -0.1) is 11.3 Å². The third kappa shape index (κ3) is 9.32. The zero-order valence-electron chi connectivity index (χ0n) is 15.4. The summed E-state index contributed by atoms with van der Waals surface area (Å²) in [5.74, 6) is 0. The van der Waals surface area contributed by atoms with E-state index in [1.165, 1.54) is 38.0 Å². The van der Waals surface area contributed by atoms with Gasteiger partial charge >= 0.3 is 15.2 Å². The molecule has 1 aromatic heterocycles. The molecule has 1 aromatic rings. The summed E-state index contributed by atoms with van der Waals surface area (Å²) in [5, 5.41) is 0.728. The summed E-state index contributed by atoms with van der Waals surface area (Å²) in [4.78, 5) is 42.8. The minimum absolute atomic E-state index is 0.152. The van der Waals surface area contributed by atoms with Crippen LogP contribution < -0.4 is 0 Å². The van der Waals surface area contributed by atoms with E-state index in [9.17, 15) is 28.7 Å². The predicted molar refractivity (Wildman–Crippen MR) is 114 cm³/mol. The number of nitrogens with zero attached hydrogens (tertiary/aromatic N) is 1. The van der Waals surface area contributed by atoms with Crippen LogP contribution in [0.4, 0.5) is 0 Å². The van der Waals surface area contributed by atoms with Crippen LogP contribution in [0.1, 0.15) is 11.4 Å². The maximum absolute atomic E-state index is 13.5. The number of rotatable bonds is 13. The molecule has 164 valence electrons. The molecule has 0 aromatic carbocycles. The van der Waals surface area contributed by atoms with E-state index in [-0.39, 0.29) is 12.8 Å². The maximum Gasteiger partial charge on any atom is 0.356 e. The summed E-state index contributed by atoms with van der Waals surface area (Å²) in [5.41, 5.74) is 0. The molecular weight excluding hydrogens is 512 g/mol. The quantitative estimate of drug-likeness (QED) is 0.261. The van der Waals surface area contributed by atoms with Crippen molar-refractivity contribution < 1.29 is 45.9 Å². The SMILES string of the molecule is CP(O)OP(=O)(OP(C)O)C(CCc1nccs1)P(=O)(OP(C)O)OP(C)O. The second-order valence-corrected chi connectivity index (χ2v) is 16.3. The van der Waals surface area contributed by atoms with Gasteiger partial charge in [0, 0.05) is 44.7 Å². The highest BCUT2D eigenvalue weighted by Crippen LogP contribution is 2.80. The predicted octanol–water partition coefficient (Wildman–Crippen LogP) is 4.59. The molecule has 4 unspecified atom stereocenters. The lowest BCUT2D eigenvalue weighted by molar-refractivity contribution is 0.347. The Balaban J connectivity index is 3.39. The summed E-state index contributed by atoms with van der Waals surface area (Å²) in [6.45, 7) is 4.90. The van der Waals surface area contributed by atoms with Crippen molar-refractivity contribution in [2.45, 2.75) is 18.2 Å². The van der Waals surface area contributed by atoms with Crippen molar-refractivity contribution >= 4 is 60.0 Å². The smallest absolute Gasteiger partial charge is 0.350 e. The fraction of sp³-hybridized carbons (Fsp3) is 0.700. The molecule has 0 radical (unpaired) electrons. The zero-order valence-corrected chi connectivity index (χ0v) is 21.6. The molecule has 4 N–H and O–H groups in total. The van der Waals surface area contributed by atoms with Crippen molar-refractivity contribution in [3.63, 3.8) is 0 Å². The standard InChI is InChI=1S/C10H23NO10P6S/c1-22(12)18-26(16,19-23(2)13)10(6-5-9-11-7-8-28-9)27(17,20-24(3)14)21-25(4)15/h7-8,10,12-15H,5-6H2,1-4H3. The van der Waals surface area contributed by atoms with Crippen LogP contribution in [0.5, 0.6) is 0 Å². The van der Waals surface area contributed by atoms with Gasteiger partial charge in [0.05, 0.1) is 5.01 Å². The first-order valence-electron chi connectivity index (χ1n) is 7.45. The Morgan fingerprint density at radius 3 is 1.61 bits per heavy atom. The van der Waals surface area contributed by atoms with Crippen LogP contribution in [0, 0.1) is 0 Å². The highest BCUT2D eigenvalue weighted by atomic mass is 32.1. The largest absolute Gasteiger partial charge is 0.356 e. The van der Waals surface area contributed by atoms with Crippen molar-refractivity contribution in [3.8, 4) is 0 Å². The number of hydrogen-bond donors (Lipinski definition) is 4. The lowest BCUT2D eigenvalue weighted by atomic mass is 10.3. The van der Waals surface area contributed by atoms with Gasteiger partial charge in [-0.3, -0.25) is 26.4 Å². The minimum atomic E-state index is -4.47. The highest BCUT2D eigenvalue weighted by Gasteiger charge is 2.54. The van der Waals surface area contributed by atoms with Crippen LogP contribution in [0.3, 0.4) is 0 Å². The number of thiazole rings is 1. The monoisotopic (exact) mass is 535 g/mol. The molecule has 0 saturated carbocycles. The summed E-state index contributed by atoms with van der Waals surface area (Å²) >= 11 is 1.31. The first-order chi connectivity index (χ1) is 12.9. The highest BCUT2D eigenvalue weighted by molar-refractivity contribution is 7.82. The van der Waals surface area contributed by atoms with Crippen LogP contribution in [0.15, 0.2) is 11.6 Å². The Kier molecular flexibility index (Phi) is 12.3. The third-order valence-electron chi connectivity index (χ3n) is 2.76. The molecule has 1 heterocycles. The second-order valence-electron chi connectivity index (χ2n) is 5.21. The number of aryl methyl sites for hydroxylation is 1. The molecule has 18 heteroatoms. The Bertz CT molecular complexity index is 608. The van der Waals surface area contributed by atoms with Crippen LogP contribution >= 0.6 is 60.0 Å².